The maximum atomic E-state index is 2.45. The summed E-state index contributed by atoms with van der Waals surface area (Å²) in [7, 11) is 0. The van der Waals surface area contributed by atoms with E-state index < -0.39 is 0 Å². The van der Waals surface area contributed by atoms with Gasteiger partial charge >= 0.3 is 0 Å². The predicted octanol–water partition coefficient (Wildman–Crippen LogP) is 18.3. The van der Waals surface area contributed by atoms with Crippen molar-refractivity contribution in [1.29, 1.82) is 0 Å². The molecule has 1 heterocycles. The number of fused-ring (bicyclic) bond motifs is 3. The summed E-state index contributed by atoms with van der Waals surface area (Å²) in [6.07, 6.45) is 0. The van der Waals surface area contributed by atoms with Crippen LogP contribution in [0.5, 0.6) is 0 Å². The van der Waals surface area contributed by atoms with Gasteiger partial charge in [-0.3, -0.25) is 0 Å². The third-order valence-corrected chi connectivity index (χ3v) is 13.1. The number of aromatic nitrogens is 1. The predicted molar refractivity (Wildman–Crippen MR) is 288 cm³/mol. The molecule has 12 rings (SSSR count). The first-order valence-electron chi connectivity index (χ1n) is 23.3. The fourth-order valence-corrected chi connectivity index (χ4v) is 9.92. The second kappa shape index (κ2) is 17.8. The summed E-state index contributed by atoms with van der Waals surface area (Å²) in [4.78, 5) is 2.45. The van der Waals surface area contributed by atoms with Crippen molar-refractivity contribution in [2.75, 3.05) is 4.90 Å². The van der Waals surface area contributed by atoms with E-state index in [9.17, 15) is 0 Å². The molecule has 0 bridgehead atoms. The van der Waals surface area contributed by atoms with Gasteiger partial charge in [-0.15, -0.1) is 0 Å². The van der Waals surface area contributed by atoms with Crippen molar-refractivity contribution in [3.8, 4) is 72.4 Å². The van der Waals surface area contributed by atoms with Crippen LogP contribution in [0.25, 0.3) is 94.3 Å². The zero-order valence-corrected chi connectivity index (χ0v) is 37.5. The first kappa shape index (κ1) is 40.5. The first-order valence-corrected chi connectivity index (χ1v) is 23.3. The average Bonchev–Trinajstić information content (AvgIpc) is 3.77. The van der Waals surface area contributed by atoms with Gasteiger partial charge in [-0.1, -0.05) is 200 Å². The number of rotatable bonds is 10. The smallest absolute Gasteiger partial charge is 0.0547 e. The van der Waals surface area contributed by atoms with E-state index in [0.29, 0.717) is 0 Å². The third-order valence-electron chi connectivity index (χ3n) is 13.1. The molecule has 2 nitrogen and oxygen atoms in total. The van der Waals surface area contributed by atoms with Gasteiger partial charge in [-0.2, -0.15) is 0 Å². The Morgan fingerprint density at radius 2 is 0.603 bits per heavy atom. The van der Waals surface area contributed by atoms with Gasteiger partial charge in [0.1, 0.15) is 0 Å². The topological polar surface area (TPSA) is 8.17 Å². The molecule has 68 heavy (non-hydrogen) atoms. The fraction of sp³-hybridized carbons (Fsp3) is 0. The van der Waals surface area contributed by atoms with Crippen molar-refractivity contribution in [2.45, 2.75) is 0 Å². The largest absolute Gasteiger partial charge is 0.310 e. The molecule has 0 aliphatic heterocycles. The van der Waals surface area contributed by atoms with Crippen LogP contribution < -0.4 is 4.90 Å². The summed E-state index contributed by atoms with van der Waals surface area (Å²) in [6.45, 7) is 0. The lowest BCUT2D eigenvalue weighted by molar-refractivity contribution is 1.18. The lowest BCUT2D eigenvalue weighted by atomic mass is 9.94. The van der Waals surface area contributed by atoms with E-state index in [2.05, 4.69) is 289 Å². The first-order chi connectivity index (χ1) is 33.7. The Labute approximate surface area is 397 Å². The molecule has 0 amide bonds. The normalized spacial score (nSPS) is 11.2. The lowest BCUT2D eigenvalue weighted by Gasteiger charge is -2.28. The van der Waals surface area contributed by atoms with Crippen LogP contribution in [-0.4, -0.2) is 4.57 Å². The highest BCUT2D eigenvalue weighted by molar-refractivity contribution is 6.16. The van der Waals surface area contributed by atoms with E-state index in [1.165, 1.54) is 55.2 Å². The summed E-state index contributed by atoms with van der Waals surface area (Å²) in [5, 5.41) is 2.49. The molecule has 12 aromatic rings. The molecule has 0 radical (unpaired) electrons. The van der Waals surface area contributed by atoms with E-state index in [1.807, 2.05) is 0 Å². The van der Waals surface area contributed by atoms with Gasteiger partial charge in [0, 0.05) is 33.5 Å². The van der Waals surface area contributed by atoms with E-state index in [4.69, 9.17) is 0 Å². The molecule has 11 aromatic carbocycles. The molecule has 0 spiro atoms. The van der Waals surface area contributed by atoms with E-state index >= 15 is 0 Å². The summed E-state index contributed by atoms with van der Waals surface area (Å²) in [5.74, 6) is 0. The Kier molecular flexibility index (Phi) is 10.6. The highest BCUT2D eigenvalue weighted by Gasteiger charge is 2.20. The number of para-hydroxylation sites is 2. The Morgan fingerprint density at radius 1 is 0.235 bits per heavy atom. The van der Waals surface area contributed by atoms with Gasteiger partial charge < -0.3 is 9.47 Å². The molecule has 0 fully saturated rings. The molecule has 2 heteroatoms. The summed E-state index contributed by atoms with van der Waals surface area (Å²) in [5.41, 5.74) is 20.7. The maximum Gasteiger partial charge on any atom is 0.0547 e. The molecule has 0 unspecified atom stereocenters. The van der Waals surface area contributed by atoms with Crippen LogP contribution in [0.3, 0.4) is 0 Å². The molecule has 0 aliphatic rings. The fourth-order valence-electron chi connectivity index (χ4n) is 9.92. The summed E-state index contributed by atoms with van der Waals surface area (Å²) >= 11 is 0. The van der Waals surface area contributed by atoms with E-state index in [0.717, 1.165) is 56.1 Å². The minimum absolute atomic E-state index is 1.06. The number of hydrogen-bond acceptors (Lipinski definition) is 1. The van der Waals surface area contributed by atoms with Crippen molar-refractivity contribution >= 4 is 38.9 Å². The number of hydrogen-bond donors (Lipinski definition) is 0. The van der Waals surface area contributed by atoms with Gasteiger partial charge in [0.05, 0.1) is 11.0 Å². The zero-order chi connectivity index (χ0) is 45.2. The molecular weight excluding hydrogens is 821 g/mol. The molecule has 0 saturated heterocycles. The van der Waals surface area contributed by atoms with Crippen LogP contribution in [0.15, 0.2) is 279 Å². The van der Waals surface area contributed by atoms with Gasteiger partial charge in [0.15, 0.2) is 0 Å². The van der Waals surface area contributed by atoms with Crippen LogP contribution >= 0.6 is 0 Å². The van der Waals surface area contributed by atoms with Crippen molar-refractivity contribution in [3.05, 3.63) is 279 Å². The summed E-state index contributed by atoms with van der Waals surface area (Å²) in [6, 6.07) is 101. The van der Waals surface area contributed by atoms with Gasteiger partial charge in [0.25, 0.3) is 0 Å². The Morgan fingerprint density at radius 3 is 1.13 bits per heavy atom. The standard InChI is InChI=1S/C66H46N2/c1-6-21-47(22-7-1)54-40-55(48-23-8-2-9-24-48)44-60(43-54)67(61-45-56(49-25-10-3-11-26-49)41-57(46-61)50-27-12-4-13-28-50)59-34-19-30-52(42-59)51-29-18-31-53(39-51)62-36-20-38-65-66(62)63-35-16-17-37-64(63)68(65)58-32-14-5-15-33-58/h1-46H. The Bertz CT molecular complexity index is 3470. The number of benzene rings is 11. The van der Waals surface area contributed by atoms with Gasteiger partial charge in [-0.25, -0.2) is 0 Å². The molecule has 0 saturated carbocycles. The molecule has 0 N–H and O–H groups in total. The minimum atomic E-state index is 1.06. The van der Waals surface area contributed by atoms with Crippen molar-refractivity contribution in [1.82, 2.24) is 4.57 Å². The van der Waals surface area contributed by atoms with Crippen molar-refractivity contribution in [3.63, 3.8) is 0 Å². The summed E-state index contributed by atoms with van der Waals surface area (Å²) < 4.78 is 2.39. The van der Waals surface area contributed by atoms with Crippen LogP contribution in [0, 0.1) is 0 Å². The number of nitrogens with zero attached hydrogens (tertiary/aromatic N) is 2. The molecule has 0 aliphatic carbocycles. The van der Waals surface area contributed by atoms with Crippen LogP contribution in [0.4, 0.5) is 17.1 Å². The van der Waals surface area contributed by atoms with E-state index in [1.54, 1.807) is 0 Å². The molecule has 320 valence electrons. The molecule has 0 atom stereocenters. The third kappa shape index (κ3) is 7.74. The Hall–Kier alpha value is -8.98. The monoisotopic (exact) mass is 866 g/mol. The minimum Gasteiger partial charge on any atom is -0.310 e. The van der Waals surface area contributed by atoms with Gasteiger partial charge in [0.2, 0.25) is 0 Å². The highest BCUT2D eigenvalue weighted by Crippen LogP contribution is 2.45. The van der Waals surface area contributed by atoms with E-state index in [-0.39, 0.29) is 0 Å². The second-order valence-corrected chi connectivity index (χ2v) is 17.4. The van der Waals surface area contributed by atoms with Crippen LogP contribution in [0.1, 0.15) is 0 Å². The second-order valence-electron chi connectivity index (χ2n) is 17.4. The zero-order valence-electron chi connectivity index (χ0n) is 37.5. The highest BCUT2D eigenvalue weighted by atomic mass is 15.1. The quantitative estimate of drug-likeness (QED) is 0.133. The number of anilines is 3. The molecule has 1 aromatic heterocycles. The van der Waals surface area contributed by atoms with Crippen LogP contribution in [-0.2, 0) is 0 Å². The van der Waals surface area contributed by atoms with Gasteiger partial charge in [-0.05, 0) is 146 Å². The average molecular weight is 867 g/mol. The lowest BCUT2D eigenvalue weighted by Crippen LogP contribution is -2.11. The Balaban J connectivity index is 1.05. The SMILES string of the molecule is c1ccc(-c2cc(-c3ccccc3)cc(N(c3cccc(-c4cccc(-c5cccc6c5c5ccccc5n6-c5ccccc5)c4)c3)c3cc(-c4ccccc4)cc(-c4ccccc4)c3)c2)cc1. The van der Waals surface area contributed by atoms with Crippen molar-refractivity contribution in [2.24, 2.45) is 0 Å². The van der Waals surface area contributed by atoms with Crippen LogP contribution in [0.2, 0.25) is 0 Å². The van der Waals surface area contributed by atoms with Crippen molar-refractivity contribution < 1.29 is 0 Å². The molecular formula is C66H46N2. The maximum absolute atomic E-state index is 2.45.